The van der Waals surface area contributed by atoms with Gasteiger partial charge in [0.2, 0.25) is 11.9 Å². The first-order valence-electron chi connectivity index (χ1n) is 8.02. The maximum Gasteiger partial charge on any atom is 0.280 e. The second-order valence-electron chi connectivity index (χ2n) is 6.66. The Balaban J connectivity index is 1.71. The minimum Gasteiger partial charge on any atom is -0.393 e. The number of fused-ring (bicyclic) bond motifs is 2. The average molecular weight is 333 g/mol. The fourth-order valence-corrected chi connectivity index (χ4v) is 3.87. The molecule has 128 valence electrons. The summed E-state index contributed by atoms with van der Waals surface area (Å²) in [5.41, 5.74) is 0.127. The third-order valence-corrected chi connectivity index (χ3v) is 4.92. The number of aromatic amines is 1. The first-order valence-corrected chi connectivity index (χ1v) is 8.02. The molecule has 2 aromatic rings. The maximum absolute atomic E-state index is 12.1. The number of aliphatic hydroxyl groups excluding tert-OH is 1. The summed E-state index contributed by atoms with van der Waals surface area (Å²) in [5.74, 6) is 0.121. The normalized spacial score (nSPS) is 32.2. The summed E-state index contributed by atoms with van der Waals surface area (Å²) in [7, 11) is 0. The van der Waals surface area contributed by atoms with Crippen molar-refractivity contribution in [3.63, 3.8) is 0 Å². The van der Waals surface area contributed by atoms with E-state index in [1.807, 2.05) is 0 Å². The van der Waals surface area contributed by atoms with E-state index in [1.54, 1.807) is 4.57 Å². The molecule has 0 unspecified atom stereocenters. The molecule has 9 heteroatoms. The number of anilines is 1. The number of hydrogen-bond donors (Lipinski definition) is 3. The van der Waals surface area contributed by atoms with Gasteiger partial charge in [0.05, 0.1) is 18.5 Å². The molecule has 1 saturated heterocycles. The molecule has 24 heavy (non-hydrogen) atoms. The van der Waals surface area contributed by atoms with Gasteiger partial charge >= 0.3 is 0 Å². The Bertz CT molecular complexity index is 843. The number of H-pyrrole nitrogens is 1. The summed E-state index contributed by atoms with van der Waals surface area (Å²) in [6.45, 7) is 3.41. The molecule has 1 aliphatic heterocycles. The molecule has 1 saturated carbocycles. The van der Waals surface area contributed by atoms with Crippen molar-refractivity contribution in [2.24, 2.45) is 11.8 Å². The zero-order valence-electron chi connectivity index (χ0n) is 13.4. The van der Waals surface area contributed by atoms with E-state index in [0.29, 0.717) is 12.1 Å². The van der Waals surface area contributed by atoms with Crippen molar-refractivity contribution in [1.82, 2.24) is 19.5 Å². The molecular weight excluding hydrogens is 314 g/mol. The van der Waals surface area contributed by atoms with Gasteiger partial charge in [-0.05, 0) is 12.3 Å². The predicted octanol–water partition coefficient (Wildman–Crippen LogP) is 0.382. The lowest BCUT2D eigenvalue weighted by atomic mass is 10.0. The number of hydrogen-bond acceptors (Lipinski definition) is 6. The van der Waals surface area contributed by atoms with Crippen LogP contribution < -0.4 is 10.9 Å². The molecule has 0 aromatic carbocycles. The zero-order chi connectivity index (χ0) is 17.0. The van der Waals surface area contributed by atoms with E-state index in [0.717, 1.165) is 6.42 Å². The summed E-state index contributed by atoms with van der Waals surface area (Å²) in [6.07, 6.45) is 2.22. The second kappa shape index (κ2) is 5.38. The van der Waals surface area contributed by atoms with E-state index in [4.69, 9.17) is 4.74 Å². The van der Waals surface area contributed by atoms with Gasteiger partial charge in [-0.3, -0.25) is 24.5 Å². The Labute approximate surface area is 137 Å². The van der Waals surface area contributed by atoms with Crippen molar-refractivity contribution in [3.05, 3.63) is 16.7 Å². The van der Waals surface area contributed by atoms with E-state index in [9.17, 15) is 14.7 Å². The highest BCUT2D eigenvalue weighted by Crippen LogP contribution is 2.46. The molecule has 2 fully saturated rings. The lowest BCUT2D eigenvalue weighted by Crippen LogP contribution is -2.19. The van der Waals surface area contributed by atoms with Crippen LogP contribution in [-0.4, -0.2) is 42.7 Å². The number of aliphatic hydroxyl groups is 1. The number of imidazole rings is 1. The first kappa shape index (κ1) is 15.3. The van der Waals surface area contributed by atoms with Gasteiger partial charge in [0, 0.05) is 19.3 Å². The Morgan fingerprint density at radius 3 is 3.00 bits per heavy atom. The fourth-order valence-electron chi connectivity index (χ4n) is 3.87. The van der Waals surface area contributed by atoms with Gasteiger partial charge in [0.1, 0.15) is 6.23 Å². The maximum atomic E-state index is 12.1. The average Bonchev–Trinajstić information content (AvgIpc) is 3.14. The molecule has 4 rings (SSSR count). The van der Waals surface area contributed by atoms with E-state index in [1.165, 1.54) is 13.3 Å². The summed E-state index contributed by atoms with van der Waals surface area (Å²) < 4.78 is 7.81. The van der Waals surface area contributed by atoms with Gasteiger partial charge < -0.3 is 9.84 Å². The van der Waals surface area contributed by atoms with E-state index >= 15 is 0 Å². The highest BCUT2D eigenvalue weighted by atomic mass is 16.5. The quantitative estimate of drug-likeness (QED) is 0.730. The number of carbonyl (C=O) groups is 1. The van der Waals surface area contributed by atoms with Crippen LogP contribution in [0.3, 0.4) is 0 Å². The van der Waals surface area contributed by atoms with Crippen molar-refractivity contribution in [3.8, 4) is 0 Å². The van der Waals surface area contributed by atoms with Crippen LogP contribution >= 0.6 is 0 Å². The van der Waals surface area contributed by atoms with Gasteiger partial charge in [-0.15, -0.1) is 0 Å². The molecule has 9 nitrogen and oxygen atoms in total. The van der Waals surface area contributed by atoms with Crippen molar-refractivity contribution in [2.75, 3.05) is 5.32 Å². The minimum absolute atomic E-state index is 0.000684. The molecule has 0 bridgehead atoms. The largest absolute Gasteiger partial charge is 0.393 e. The Kier molecular flexibility index (Phi) is 3.43. The molecule has 2 aromatic heterocycles. The topological polar surface area (TPSA) is 122 Å². The van der Waals surface area contributed by atoms with Gasteiger partial charge in [-0.2, -0.15) is 4.98 Å². The predicted molar refractivity (Wildman–Crippen MR) is 84.3 cm³/mol. The van der Waals surface area contributed by atoms with Crippen LogP contribution in [0.1, 0.15) is 32.9 Å². The van der Waals surface area contributed by atoms with Crippen LogP contribution in [0.4, 0.5) is 5.95 Å². The third-order valence-electron chi connectivity index (χ3n) is 4.92. The number of ether oxygens (including phenoxy) is 1. The lowest BCUT2D eigenvalue weighted by Gasteiger charge is -2.17. The van der Waals surface area contributed by atoms with Crippen molar-refractivity contribution in [2.45, 2.75) is 45.1 Å². The van der Waals surface area contributed by atoms with E-state index < -0.39 is 5.56 Å². The van der Waals surface area contributed by atoms with Crippen molar-refractivity contribution < 1.29 is 14.6 Å². The molecule has 3 N–H and O–H groups in total. The summed E-state index contributed by atoms with van der Waals surface area (Å²) in [5, 5.41) is 12.6. The van der Waals surface area contributed by atoms with Crippen LogP contribution in [0.25, 0.3) is 11.2 Å². The summed E-state index contributed by atoms with van der Waals surface area (Å²) >= 11 is 0. The Morgan fingerprint density at radius 2 is 2.29 bits per heavy atom. The molecule has 2 aliphatic rings. The van der Waals surface area contributed by atoms with E-state index in [2.05, 4.69) is 27.2 Å². The molecule has 1 aliphatic carbocycles. The summed E-state index contributed by atoms with van der Waals surface area (Å²) in [4.78, 5) is 34.2. The smallest absolute Gasteiger partial charge is 0.280 e. The Hall–Kier alpha value is -2.26. The standard InChI is InChI=1S/C15H19N5O4/c1-6-3-9(22)8-4-10(24-12(6)8)20-5-16-11-13(20)18-15(17-7(2)21)19-14(11)23/h5-6,8-10,12,22H,3-4H2,1-2H3,(H2,17,18,19,21,23)/t6-,8+,9-,10+,12-/m1/s1. The number of nitrogens with one attached hydrogen (secondary N) is 2. The number of aromatic nitrogens is 4. The monoisotopic (exact) mass is 333 g/mol. The number of amides is 1. The molecule has 1 amide bonds. The van der Waals surface area contributed by atoms with Gasteiger partial charge in [0.25, 0.3) is 5.56 Å². The number of carbonyl (C=O) groups excluding carboxylic acids is 1. The second-order valence-corrected chi connectivity index (χ2v) is 6.66. The first-order chi connectivity index (χ1) is 11.4. The van der Waals surface area contributed by atoms with Gasteiger partial charge in [0.15, 0.2) is 11.2 Å². The minimum atomic E-state index is -0.422. The number of rotatable bonds is 2. The summed E-state index contributed by atoms with van der Waals surface area (Å²) in [6, 6.07) is 0. The molecular formula is C15H19N5O4. The lowest BCUT2D eigenvalue weighted by molar-refractivity contribution is -0.114. The third kappa shape index (κ3) is 2.31. The Morgan fingerprint density at radius 1 is 1.50 bits per heavy atom. The fraction of sp³-hybridized carbons (Fsp3) is 0.600. The van der Waals surface area contributed by atoms with Crippen LogP contribution in [-0.2, 0) is 9.53 Å². The van der Waals surface area contributed by atoms with Crippen molar-refractivity contribution in [1.29, 1.82) is 0 Å². The number of nitrogens with zero attached hydrogens (tertiary/aromatic N) is 3. The van der Waals surface area contributed by atoms with Crippen LogP contribution in [0.2, 0.25) is 0 Å². The SMILES string of the molecule is CC(=O)Nc1nc2c(ncn2[C@@H]2C[C@@H]3[C@H](O2)[C@H](C)C[C@H]3O)c(=O)[nH]1. The van der Waals surface area contributed by atoms with Gasteiger partial charge in [-0.25, -0.2) is 4.98 Å². The highest BCUT2D eigenvalue weighted by molar-refractivity contribution is 5.87. The molecule has 0 spiro atoms. The molecule has 5 atom stereocenters. The zero-order valence-corrected chi connectivity index (χ0v) is 13.4. The molecule has 3 heterocycles. The van der Waals surface area contributed by atoms with E-state index in [-0.39, 0.29) is 47.6 Å². The van der Waals surface area contributed by atoms with Crippen molar-refractivity contribution >= 4 is 23.0 Å². The van der Waals surface area contributed by atoms with Crippen LogP contribution in [0.5, 0.6) is 0 Å². The highest BCUT2D eigenvalue weighted by Gasteiger charge is 2.48. The van der Waals surface area contributed by atoms with Crippen LogP contribution in [0, 0.1) is 11.8 Å². The van der Waals surface area contributed by atoms with Gasteiger partial charge in [-0.1, -0.05) is 6.92 Å². The van der Waals surface area contributed by atoms with Crippen LogP contribution in [0.15, 0.2) is 11.1 Å². The molecule has 0 radical (unpaired) electrons.